The van der Waals surface area contributed by atoms with Crippen LogP contribution in [0.25, 0.3) is 0 Å². The molecule has 0 aromatic heterocycles. The number of amidine groups is 1. The highest BCUT2D eigenvalue weighted by molar-refractivity contribution is 5.82. The number of hydrogen-bond acceptors (Lipinski definition) is 1. The molecule has 0 fully saturated rings. The van der Waals surface area contributed by atoms with Crippen molar-refractivity contribution in [1.29, 1.82) is 0 Å². The Bertz CT molecular complexity index is 639. The third-order valence-electron chi connectivity index (χ3n) is 4.19. The highest BCUT2D eigenvalue weighted by atomic mass is 15.2. The molecule has 134 valence electrons. The van der Waals surface area contributed by atoms with Crippen LogP contribution in [0.1, 0.15) is 33.6 Å². The largest absolute Gasteiger partial charge is 0.330 e. The van der Waals surface area contributed by atoms with E-state index in [4.69, 9.17) is 0 Å². The Kier molecular flexibility index (Phi) is 9.31. The molecule has 1 aliphatic carbocycles. The van der Waals surface area contributed by atoms with E-state index >= 15 is 0 Å². The Morgan fingerprint density at radius 3 is 2.80 bits per heavy atom. The Morgan fingerprint density at radius 2 is 2.16 bits per heavy atom. The van der Waals surface area contributed by atoms with Crippen molar-refractivity contribution in [2.45, 2.75) is 33.6 Å². The quantitative estimate of drug-likeness (QED) is 0.301. The van der Waals surface area contributed by atoms with Gasteiger partial charge in [-0.25, -0.2) is 0 Å². The summed E-state index contributed by atoms with van der Waals surface area (Å²) in [7, 11) is 1.82. The van der Waals surface area contributed by atoms with E-state index in [1.54, 1.807) is 0 Å². The summed E-state index contributed by atoms with van der Waals surface area (Å²) in [5.41, 5.74) is 3.32. The second kappa shape index (κ2) is 11.2. The Balaban J connectivity index is 2.92. The van der Waals surface area contributed by atoms with E-state index in [1.165, 1.54) is 5.57 Å². The van der Waals surface area contributed by atoms with Gasteiger partial charge in [-0.15, -0.1) is 0 Å². The summed E-state index contributed by atoms with van der Waals surface area (Å²) in [6, 6.07) is 0. The summed E-state index contributed by atoms with van der Waals surface area (Å²) < 4.78 is 0. The van der Waals surface area contributed by atoms with Crippen LogP contribution in [-0.2, 0) is 0 Å². The SMILES string of the molecule is C=C/C(=C\C=C/C)C(=C)N(CC(C)CC1=CC=CCC=C1)C(C)=NC. The molecule has 0 saturated carbocycles. The van der Waals surface area contributed by atoms with Gasteiger partial charge in [0.1, 0.15) is 0 Å². The van der Waals surface area contributed by atoms with Gasteiger partial charge in [0.25, 0.3) is 0 Å². The van der Waals surface area contributed by atoms with Crippen molar-refractivity contribution in [1.82, 2.24) is 4.90 Å². The predicted octanol–water partition coefficient (Wildman–Crippen LogP) is 6.01. The first-order valence-corrected chi connectivity index (χ1v) is 8.91. The lowest BCUT2D eigenvalue weighted by Gasteiger charge is -2.30. The van der Waals surface area contributed by atoms with Crippen LogP contribution >= 0.6 is 0 Å². The summed E-state index contributed by atoms with van der Waals surface area (Å²) in [5, 5.41) is 0. The molecule has 0 aliphatic heterocycles. The number of hydrogen-bond donors (Lipinski definition) is 0. The lowest BCUT2D eigenvalue weighted by molar-refractivity contribution is 0.413. The van der Waals surface area contributed by atoms with Crippen LogP contribution in [0, 0.1) is 5.92 Å². The normalized spacial score (nSPS) is 16.6. The van der Waals surface area contributed by atoms with Crippen molar-refractivity contribution < 1.29 is 0 Å². The smallest absolute Gasteiger partial charge is 0.0998 e. The second-order valence-electron chi connectivity index (χ2n) is 6.30. The van der Waals surface area contributed by atoms with E-state index < -0.39 is 0 Å². The Labute approximate surface area is 154 Å². The first-order valence-electron chi connectivity index (χ1n) is 8.91. The van der Waals surface area contributed by atoms with Crippen molar-refractivity contribution in [3.8, 4) is 0 Å². The molecule has 0 spiro atoms. The Morgan fingerprint density at radius 1 is 1.40 bits per heavy atom. The van der Waals surface area contributed by atoms with Crippen molar-refractivity contribution in [2.24, 2.45) is 10.9 Å². The highest BCUT2D eigenvalue weighted by Crippen LogP contribution is 2.21. The number of allylic oxidation sites excluding steroid dienone is 10. The van der Waals surface area contributed by atoms with Crippen LogP contribution < -0.4 is 0 Å². The fourth-order valence-corrected chi connectivity index (χ4v) is 2.73. The molecule has 0 aromatic rings. The summed E-state index contributed by atoms with van der Waals surface area (Å²) in [4.78, 5) is 6.58. The van der Waals surface area contributed by atoms with Crippen LogP contribution in [0.5, 0.6) is 0 Å². The van der Waals surface area contributed by atoms with E-state index in [2.05, 4.69) is 60.4 Å². The van der Waals surface area contributed by atoms with Crippen molar-refractivity contribution in [3.05, 3.63) is 84.7 Å². The molecule has 0 heterocycles. The molecule has 0 amide bonds. The average Bonchev–Trinajstić information content (AvgIpc) is 2.88. The minimum atomic E-state index is 0.476. The lowest BCUT2D eigenvalue weighted by Crippen LogP contribution is -2.32. The highest BCUT2D eigenvalue weighted by Gasteiger charge is 2.17. The molecule has 25 heavy (non-hydrogen) atoms. The molecule has 0 aromatic carbocycles. The number of aliphatic imine (C=N–C) groups is 1. The van der Waals surface area contributed by atoms with Gasteiger partial charge in [-0.05, 0) is 43.8 Å². The number of nitrogens with zero attached hydrogens (tertiary/aromatic N) is 2. The van der Waals surface area contributed by atoms with E-state index in [0.717, 1.165) is 36.5 Å². The lowest BCUT2D eigenvalue weighted by atomic mass is 9.99. The van der Waals surface area contributed by atoms with Gasteiger partial charge in [-0.2, -0.15) is 0 Å². The molecule has 2 nitrogen and oxygen atoms in total. The molecule has 1 aliphatic rings. The molecule has 2 heteroatoms. The van der Waals surface area contributed by atoms with Crippen LogP contribution in [0.4, 0.5) is 0 Å². The van der Waals surface area contributed by atoms with Crippen LogP contribution in [0.2, 0.25) is 0 Å². The van der Waals surface area contributed by atoms with Gasteiger partial charge in [-0.1, -0.05) is 74.8 Å². The minimum absolute atomic E-state index is 0.476. The minimum Gasteiger partial charge on any atom is -0.330 e. The summed E-state index contributed by atoms with van der Waals surface area (Å²) in [5.74, 6) is 1.44. The summed E-state index contributed by atoms with van der Waals surface area (Å²) >= 11 is 0. The molecule has 1 rings (SSSR count). The van der Waals surface area contributed by atoms with Gasteiger partial charge in [0.05, 0.1) is 5.84 Å². The van der Waals surface area contributed by atoms with Gasteiger partial charge >= 0.3 is 0 Å². The maximum atomic E-state index is 4.38. The first kappa shape index (κ1) is 20.7. The molecule has 0 radical (unpaired) electrons. The van der Waals surface area contributed by atoms with Gasteiger partial charge in [0.15, 0.2) is 0 Å². The Hall–Kier alpha value is -2.35. The van der Waals surface area contributed by atoms with E-state index in [9.17, 15) is 0 Å². The van der Waals surface area contributed by atoms with Gasteiger partial charge in [0.2, 0.25) is 0 Å². The van der Waals surface area contributed by atoms with Gasteiger partial charge in [-0.3, -0.25) is 4.99 Å². The number of rotatable bonds is 8. The molecular weight excluding hydrogens is 304 g/mol. The van der Waals surface area contributed by atoms with Gasteiger partial charge < -0.3 is 4.90 Å². The predicted molar refractivity (Wildman–Crippen MR) is 113 cm³/mol. The molecule has 0 bridgehead atoms. The zero-order valence-electron chi connectivity index (χ0n) is 16.2. The summed E-state index contributed by atoms with van der Waals surface area (Å²) in [6.07, 6.45) is 20.9. The molecule has 1 atom stereocenters. The van der Waals surface area contributed by atoms with Crippen molar-refractivity contribution in [2.75, 3.05) is 13.6 Å². The molecule has 1 unspecified atom stereocenters. The zero-order chi connectivity index (χ0) is 18.7. The standard InChI is InChI=1S/C23H32N2/c1-7-9-16-23(8-2)20(4)25(21(5)24-6)18-19(3)17-22-14-12-10-11-13-15-22/h7-10,12-16,19H,2,4,11,17-18H2,1,3,5-6H3/b9-7-,23-16+,24-21?. The topological polar surface area (TPSA) is 15.6 Å². The van der Waals surface area contributed by atoms with E-state index in [-0.39, 0.29) is 0 Å². The maximum Gasteiger partial charge on any atom is 0.0998 e. The second-order valence-corrected chi connectivity index (χ2v) is 6.30. The fourth-order valence-electron chi connectivity index (χ4n) is 2.73. The monoisotopic (exact) mass is 336 g/mol. The van der Waals surface area contributed by atoms with E-state index in [1.807, 2.05) is 45.2 Å². The van der Waals surface area contributed by atoms with Crippen molar-refractivity contribution in [3.63, 3.8) is 0 Å². The van der Waals surface area contributed by atoms with Crippen LogP contribution in [0.3, 0.4) is 0 Å². The van der Waals surface area contributed by atoms with Crippen LogP contribution in [-0.4, -0.2) is 24.3 Å². The zero-order valence-corrected chi connectivity index (χ0v) is 16.2. The molecule has 0 N–H and O–H groups in total. The third-order valence-corrected chi connectivity index (χ3v) is 4.19. The summed E-state index contributed by atoms with van der Waals surface area (Å²) in [6.45, 7) is 15.4. The molecule has 0 saturated heterocycles. The van der Waals surface area contributed by atoms with Gasteiger partial charge in [0, 0.05) is 19.3 Å². The van der Waals surface area contributed by atoms with E-state index in [0.29, 0.717) is 5.92 Å². The maximum absolute atomic E-state index is 4.38. The average molecular weight is 337 g/mol. The fraction of sp³-hybridized carbons (Fsp3) is 0.348. The molecular formula is C23H32N2. The first-order chi connectivity index (χ1) is 12.0. The van der Waals surface area contributed by atoms with Crippen molar-refractivity contribution >= 4 is 5.84 Å². The third kappa shape index (κ3) is 6.96. The van der Waals surface area contributed by atoms with Crippen LogP contribution in [0.15, 0.2) is 89.7 Å².